The van der Waals surface area contributed by atoms with E-state index in [1.54, 1.807) is 6.07 Å². The van der Waals surface area contributed by atoms with Crippen LogP contribution < -0.4 is 15.8 Å². The second kappa shape index (κ2) is 10.2. The number of carbonyl (C=O) groups excluding carboxylic acids is 2. The largest absolute Gasteiger partial charge is 0.489 e. The molecule has 0 radical (unpaired) electrons. The Bertz CT molecular complexity index is 991. The molecular formula is C24H23FN2O3. The number of hydrogen-bond acceptors (Lipinski definition) is 3. The average molecular weight is 406 g/mol. The Kier molecular flexibility index (Phi) is 7.16. The molecule has 30 heavy (non-hydrogen) atoms. The third-order valence-electron chi connectivity index (χ3n) is 4.54. The smallest absolute Gasteiger partial charge is 0.240 e. The summed E-state index contributed by atoms with van der Waals surface area (Å²) in [5.41, 5.74) is 7.87. The summed E-state index contributed by atoms with van der Waals surface area (Å²) < 4.78 is 19.0. The summed E-state index contributed by atoms with van der Waals surface area (Å²) in [7, 11) is 0. The third-order valence-corrected chi connectivity index (χ3v) is 4.54. The van der Waals surface area contributed by atoms with E-state index in [-0.39, 0.29) is 12.8 Å². The van der Waals surface area contributed by atoms with E-state index >= 15 is 0 Å². The van der Waals surface area contributed by atoms with E-state index < -0.39 is 23.7 Å². The second-order valence-corrected chi connectivity index (χ2v) is 6.95. The Morgan fingerprint density at radius 1 is 0.900 bits per heavy atom. The first kappa shape index (κ1) is 21.0. The lowest BCUT2D eigenvalue weighted by Gasteiger charge is -2.16. The maximum Gasteiger partial charge on any atom is 0.240 e. The molecule has 0 saturated carbocycles. The topological polar surface area (TPSA) is 81.4 Å². The molecule has 6 heteroatoms. The van der Waals surface area contributed by atoms with Gasteiger partial charge in [0.25, 0.3) is 0 Å². The van der Waals surface area contributed by atoms with Crippen molar-refractivity contribution in [2.45, 2.75) is 25.5 Å². The van der Waals surface area contributed by atoms with Gasteiger partial charge in [0, 0.05) is 6.42 Å². The van der Waals surface area contributed by atoms with Crippen LogP contribution in [0.25, 0.3) is 0 Å². The molecule has 0 bridgehead atoms. The molecule has 0 unspecified atom stereocenters. The first-order valence-corrected chi connectivity index (χ1v) is 9.58. The highest BCUT2D eigenvalue weighted by Crippen LogP contribution is 2.15. The molecule has 0 saturated heterocycles. The maximum absolute atomic E-state index is 13.3. The van der Waals surface area contributed by atoms with Gasteiger partial charge < -0.3 is 15.8 Å². The molecule has 5 nitrogen and oxygen atoms in total. The molecule has 3 aromatic carbocycles. The molecule has 0 fully saturated rings. The van der Waals surface area contributed by atoms with E-state index in [0.717, 1.165) is 11.1 Å². The minimum atomic E-state index is -0.859. The SMILES string of the molecule is NC(=O)[C@H](Cc1ccc(OCc2ccccc2)cc1)NC(=O)Cc1cccc(F)c1. The van der Waals surface area contributed by atoms with Crippen LogP contribution in [0.4, 0.5) is 4.39 Å². The number of nitrogens with one attached hydrogen (secondary N) is 1. The van der Waals surface area contributed by atoms with Gasteiger partial charge in [0.05, 0.1) is 6.42 Å². The number of carbonyl (C=O) groups is 2. The van der Waals surface area contributed by atoms with Crippen LogP contribution in [0.2, 0.25) is 0 Å². The third kappa shape index (κ3) is 6.44. The average Bonchev–Trinajstić information content (AvgIpc) is 2.73. The van der Waals surface area contributed by atoms with Crippen molar-refractivity contribution >= 4 is 11.8 Å². The molecule has 1 atom stereocenters. The zero-order chi connectivity index (χ0) is 21.3. The van der Waals surface area contributed by atoms with Crippen molar-refractivity contribution in [1.82, 2.24) is 5.32 Å². The number of amides is 2. The van der Waals surface area contributed by atoms with Gasteiger partial charge in [0.15, 0.2) is 0 Å². The van der Waals surface area contributed by atoms with Crippen LogP contribution in [0, 0.1) is 5.82 Å². The fourth-order valence-corrected chi connectivity index (χ4v) is 3.00. The van der Waals surface area contributed by atoms with Crippen molar-refractivity contribution in [3.8, 4) is 5.75 Å². The summed E-state index contributed by atoms with van der Waals surface area (Å²) in [6.45, 7) is 0.459. The van der Waals surface area contributed by atoms with Crippen molar-refractivity contribution < 1.29 is 18.7 Å². The number of ether oxygens (including phenoxy) is 1. The van der Waals surface area contributed by atoms with Crippen LogP contribution in [0.15, 0.2) is 78.9 Å². The van der Waals surface area contributed by atoms with Crippen molar-refractivity contribution in [1.29, 1.82) is 0 Å². The maximum atomic E-state index is 13.3. The Balaban J connectivity index is 1.55. The molecule has 0 aliphatic carbocycles. The van der Waals surface area contributed by atoms with E-state index in [4.69, 9.17) is 10.5 Å². The lowest BCUT2D eigenvalue weighted by molar-refractivity contribution is -0.127. The molecule has 0 heterocycles. The first-order chi connectivity index (χ1) is 14.5. The lowest BCUT2D eigenvalue weighted by Crippen LogP contribution is -2.46. The van der Waals surface area contributed by atoms with E-state index in [9.17, 15) is 14.0 Å². The standard InChI is InChI=1S/C24H23FN2O3/c25-20-8-4-7-19(13-20)15-23(28)27-22(24(26)29)14-17-9-11-21(12-10-17)30-16-18-5-2-1-3-6-18/h1-13,22H,14-16H2,(H2,26,29)(H,27,28)/t22-/m0/s1. The van der Waals surface area contributed by atoms with Crippen molar-refractivity contribution in [3.05, 3.63) is 101 Å². The first-order valence-electron chi connectivity index (χ1n) is 9.58. The minimum absolute atomic E-state index is 0.0339. The molecule has 0 spiro atoms. The van der Waals surface area contributed by atoms with Crippen molar-refractivity contribution in [3.63, 3.8) is 0 Å². The predicted octanol–water partition coefficient (Wildman–Crippen LogP) is 3.16. The number of halogens is 1. The van der Waals surface area contributed by atoms with Gasteiger partial charge in [-0.05, 0) is 41.0 Å². The highest BCUT2D eigenvalue weighted by molar-refractivity contribution is 5.87. The fourth-order valence-electron chi connectivity index (χ4n) is 3.00. The van der Waals surface area contributed by atoms with Gasteiger partial charge in [-0.1, -0.05) is 54.6 Å². The van der Waals surface area contributed by atoms with Crippen LogP contribution in [0.3, 0.4) is 0 Å². The summed E-state index contributed by atoms with van der Waals surface area (Å²) in [5, 5.41) is 2.63. The monoisotopic (exact) mass is 406 g/mol. The summed E-state index contributed by atoms with van der Waals surface area (Å²) in [6, 6.07) is 22.0. The normalized spacial score (nSPS) is 11.5. The Labute approximate surface area is 174 Å². The molecule has 3 N–H and O–H groups in total. The Hall–Kier alpha value is -3.67. The minimum Gasteiger partial charge on any atom is -0.489 e. The van der Waals surface area contributed by atoms with Crippen molar-refractivity contribution in [2.75, 3.05) is 0 Å². The van der Waals surface area contributed by atoms with Gasteiger partial charge in [0.2, 0.25) is 11.8 Å². The molecule has 3 aromatic rings. The quantitative estimate of drug-likeness (QED) is 0.573. The van der Waals surface area contributed by atoms with Crippen LogP contribution in [0.5, 0.6) is 5.75 Å². The molecule has 0 aliphatic rings. The number of hydrogen-bond donors (Lipinski definition) is 2. The van der Waals surface area contributed by atoms with E-state index in [2.05, 4.69) is 5.32 Å². The summed E-state index contributed by atoms with van der Waals surface area (Å²) >= 11 is 0. The highest BCUT2D eigenvalue weighted by atomic mass is 19.1. The summed E-state index contributed by atoms with van der Waals surface area (Å²) in [4.78, 5) is 24.0. The summed E-state index contributed by atoms with van der Waals surface area (Å²) in [5.74, 6) is -0.742. The molecule has 3 rings (SSSR count). The van der Waals surface area contributed by atoms with Gasteiger partial charge >= 0.3 is 0 Å². The van der Waals surface area contributed by atoms with E-state index in [1.165, 1.54) is 18.2 Å². The number of benzene rings is 3. The molecular weight excluding hydrogens is 383 g/mol. The van der Waals surface area contributed by atoms with Crippen LogP contribution in [-0.4, -0.2) is 17.9 Å². The Morgan fingerprint density at radius 3 is 2.27 bits per heavy atom. The van der Waals surface area contributed by atoms with E-state index in [1.807, 2.05) is 54.6 Å². The highest BCUT2D eigenvalue weighted by Gasteiger charge is 2.19. The fraction of sp³-hybridized carbons (Fsp3) is 0.167. The number of rotatable bonds is 9. The molecule has 154 valence electrons. The van der Waals surface area contributed by atoms with Crippen molar-refractivity contribution in [2.24, 2.45) is 5.73 Å². The molecule has 0 aromatic heterocycles. The van der Waals surface area contributed by atoms with Crippen LogP contribution in [0.1, 0.15) is 16.7 Å². The van der Waals surface area contributed by atoms with Gasteiger partial charge in [0.1, 0.15) is 24.2 Å². The number of primary amides is 1. The van der Waals surface area contributed by atoms with E-state index in [0.29, 0.717) is 17.9 Å². The van der Waals surface area contributed by atoms with Crippen LogP contribution >= 0.6 is 0 Å². The number of nitrogens with two attached hydrogens (primary N) is 1. The van der Waals surface area contributed by atoms with Gasteiger partial charge in [-0.2, -0.15) is 0 Å². The molecule has 0 aliphatic heterocycles. The zero-order valence-electron chi connectivity index (χ0n) is 16.4. The second-order valence-electron chi connectivity index (χ2n) is 6.95. The van der Waals surface area contributed by atoms with Crippen LogP contribution in [-0.2, 0) is 29.0 Å². The van der Waals surface area contributed by atoms with Gasteiger partial charge in [-0.3, -0.25) is 9.59 Å². The lowest BCUT2D eigenvalue weighted by atomic mass is 10.0. The zero-order valence-corrected chi connectivity index (χ0v) is 16.4. The van der Waals surface area contributed by atoms with Gasteiger partial charge in [-0.25, -0.2) is 4.39 Å². The Morgan fingerprint density at radius 2 is 1.60 bits per heavy atom. The van der Waals surface area contributed by atoms with Gasteiger partial charge in [-0.15, -0.1) is 0 Å². The molecule has 2 amide bonds. The summed E-state index contributed by atoms with van der Waals surface area (Å²) in [6.07, 6.45) is 0.219. The predicted molar refractivity (Wildman–Crippen MR) is 112 cm³/mol.